The number of nitrogens with one attached hydrogen (secondary N) is 2. The van der Waals surface area contributed by atoms with Gasteiger partial charge in [0.1, 0.15) is 24.1 Å². The van der Waals surface area contributed by atoms with Gasteiger partial charge < -0.3 is 30.5 Å². The van der Waals surface area contributed by atoms with Crippen LogP contribution >= 0.6 is 12.2 Å². The van der Waals surface area contributed by atoms with Crippen molar-refractivity contribution >= 4 is 23.5 Å². The minimum absolute atomic E-state index is 0.0777. The number of phenolic OH excluding ortho intramolecular Hbond substituents is 1. The Morgan fingerprint density at radius 1 is 1.29 bits per heavy atom. The van der Waals surface area contributed by atoms with E-state index in [1.165, 1.54) is 12.3 Å². The third-order valence-electron chi connectivity index (χ3n) is 3.64. The third kappa shape index (κ3) is 4.62. The quantitative estimate of drug-likeness (QED) is 0.240. The van der Waals surface area contributed by atoms with Gasteiger partial charge in [-0.3, -0.25) is 5.43 Å². The number of thiocarbonyl (C=S) groups is 1. The third-order valence-corrected chi connectivity index (χ3v) is 3.85. The molecule has 0 saturated carbocycles. The Balaban J connectivity index is 1.89. The molecule has 9 heteroatoms. The normalized spacial score (nSPS) is 30.2. The van der Waals surface area contributed by atoms with E-state index in [4.69, 9.17) is 17.0 Å². The minimum atomic E-state index is -1.34. The van der Waals surface area contributed by atoms with Crippen molar-refractivity contribution in [1.82, 2.24) is 10.7 Å². The van der Waals surface area contributed by atoms with Crippen LogP contribution in [0, 0.1) is 0 Å². The van der Waals surface area contributed by atoms with E-state index in [1.807, 2.05) is 0 Å². The van der Waals surface area contributed by atoms with E-state index in [9.17, 15) is 20.4 Å². The van der Waals surface area contributed by atoms with E-state index >= 15 is 0 Å². The van der Waals surface area contributed by atoms with Gasteiger partial charge in [-0.1, -0.05) is 19.1 Å². The number of hydrogen-bond donors (Lipinski definition) is 6. The van der Waals surface area contributed by atoms with Gasteiger partial charge in [0, 0.05) is 0 Å². The summed E-state index contributed by atoms with van der Waals surface area (Å²) >= 11 is 5.05. The molecule has 1 aliphatic heterocycles. The Morgan fingerprint density at radius 3 is 2.71 bits per heavy atom. The second kappa shape index (κ2) is 8.36. The second-order valence-electron chi connectivity index (χ2n) is 5.41. The highest BCUT2D eigenvalue weighted by Gasteiger charge is 2.43. The molecule has 6 N–H and O–H groups in total. The fraction of sp³-hybridized carbons (Fsp3) is 0.467. The number of rotatable bonds is 4. The monoisotopic (exact) mass is 355 g/mol. The van der Waals surface area contributed by atoms with Crippen molar-refractivity contribution in [3.63, 3.8) is 0 Å². The predicted octanol–water partition coefficient (Wildman–Crippen LogP) is -0.592. The zero-order chi connectivity index (χ0) is 17.7. The first kappa shape index (κ1) is 18.6. The van der Waals surface area contributed by atoms with Gasteiger partial charge in [0.15, 0.2) is 11.3 Å². The maximum absolute atomic E-state index is 9.95. The number of aliphatic hydroxyl groups is 3. The molecule has 0 bridgehead atoms. The van der Waals surface area contributed by atoms with Crippen LogP contribution in [0.1, 0.15) is 18.9 Å². The molecule has 24 heavy (non-hydrogen) atoms. The van der Waals surface area contributed by atoms with E-state index in [2.05, 4.69) is 15.8 Å². The van der Waals surface area contributed by atoms with E-state index in [1.54, 1.807) is 25.1 Å². The molecule has 1 fully saturated rings. The van der Waals surface area contributed by atoms with Crippen LogP contribution in [0.4, 0.5) is 0 Å². The summed E-state index contributed by atoms with van der Waals surface area (Å²) in [5.41, 5.74) is 3.22. The van der Waals surface area contributed by atoms with Gasteiger partial charge in [-0.2, -0.15) is 5.10 Å². The Bertz CT molecular complexity index is 598. The summed E-state index contributed by atoms with van der Waals surface area (Å²) in [7, 11) is 0. The van der Waals surface area contributed by atoms with Crippen LogP contribution in [-0.2, 0) is 4.74 Å². The van der Waals surface area contributed by atoms with Crippen LogP contribution < -0.4 is 10.7 Å². The molecule has 1 saturated heterocycles. The first-order chi connectivity index (χ1) is 11.4. The van der Waals surface area contributed by atoms with Crippen LogP contribution in [0.2, 0.25) is 0 Å². The fourth-order valence-corrected chi connectivity index (χ4v) is 2.51. The van der Waals surface area contributed by atoms with Crippen molar-refractivity contribution < 1.29 is 25.2 Å². The summed E-state index contributed by atoms with van der Waals surface area (Å²) in [4.78, 5) is 0. The fourth-order valence-electron chi connectivity index (χ4n) is 2.34. The first-order valence-corrected chi connectivity index (χ1v) is 7.91. The molecule has 0 radical (unpaired) electrons. The standard InChI is InChI=1S/C15H21N3O5S/c1-2-10-11(20)12(21)13(22)14(23-10)17-15(24)18-16-7-8-4-3-5-9(19)6-8/h3-7,10-14,19-22H,2H2,1H3,(H2,17,18,24)/b16-7+/t10-,11-,12+,13-,14-/m1/s1. The number of aromatic hydroxyl groups is 1. The van der Waals surface area contributed by atoms with Crippen LogP contribution in [0.25, 0.3) is 0 Å². The summed E-state index contributed by atoms with van der Waals surface area (Å²) in [5, 5.41) is 45.6. The second-order valence-corrected chi connectivity index (χ2v) is 5.82. The van der Waals surface area contributed by atoms with Gasteiger partial charge >= 0.3 is 0 Å². The summed E-state index contributed by atoms with van der Waals surface area (Å²) in [6.07, 6.45) is -3.48. The smallest absolute Gasteiger partial charge is 0.189 e. The van der Waals surface area contributed by atoms with Crippen LogP contribution in [-0.4, -0.2) is 62.4 Å². The Morgan fingerprint density at radius 2 is 2.04 bits per heavy atom. The molecule has 0 amide bonds. The summed E-state index contributed by atoms with van der Waals surface area (Å²) < 4.78 is 5.50. The molecule has 0 unspecified atom stereocenters. The van der Waals surface area contributed by atoms with Crippen LogP contribution in [0.3, 0.4) is 0 Å². The maximum atomic E-state index is 9.95. The lowest BCUT2D eigenvalue weighted by atomic mass is 9.96. The Labute approximate surface area is 144 Å². The van der Waals surface area contributed by atoms with Gasteiger partial charge in [-0.05, 0) is 36.3 Å². The molecular weight excluding hydrogens is 334 g/mol. The molecule has 1 aliphatic rings. The van der Waals surface area contributed by atoms with E-state index in [0.29, 0.717) is 12.0 Å². The minimum Gasteiger partial charge on any atom is -0.508 e. The maximum Gasteiger partial charge on any atom is 0.189 e. The summed E-state index contributed by atoms with van der Waals surface area (Å²) in [6.45, 7) is 1.80. The average molecular weight is 355 g/mol. The number of hydrogen-bond acceptors (Lipinski definition) is 7. The molecule has 8 nitrogen and oxygen atoms in total. The summed E-state index contributed by atoms with van der Waals surface area (Å²) in [6, 6.07) is 6.50. The van der Waals surface area contributed by atoms with Crippen molar-refractivity contribution in [2.45, 2.75) is 44.0 Å². The zero-order valence-corrected chi connectivity index (χ0v) is 13.8. The van der Waals surface area contributed by atoms with Gasteiger partial charge in [0.2, 0.25) is 0 Å². The van der Waals surface area contributed by atoms with Gasteiger partial charge in [-0.25, -0.2) is 0 Å². The molecule has 132 valence electrons. The number of hydrazone groups is 1. The lowest BCUT2D eigenvalue weighted by molar-refractivity contribution is -0.225. The zero-order valence-electron chi connectivity index (χ0n) is 13.0. The Hall–Kier alpha value is -1.78. The highest BCUT2D eigenvalue weighted by atomic mass is 32.1. The molecule has 0 aliphatic carbocycles. The van der Waals surface area contributed by atoms with Crippen molar-refractivity contribution in [3.8, 4) is 5.75 Å². The SMILES string of the molecule is CC[C@H]1O[C@@H](NC(=S)N/N=C/c2cccc(O)c2)[C@H](O)[C@@H](O)[C@@H]1O. The molecule has 1 heterocycles. The van der Waals surface area contributed by atoms with Crippen molar-refractivity contribution in [1.29, 1.82) is 0 Å². The summed E-state index contributed by atoms with van der Waals surface area (Å²) in [5.74, 6) is 0.122. The molecular formula is C15H21N3O5S. The number of phenols is 1. The highest BCUT2D eigenvalue weighted by Crippen LogP contribution is 2.21. The molecule has 0 spiro atoms. The molecule has 2 rings (SSSR count). The Kier molecular flexibility index (Phi) is 6.46. The van der Waals surface area contributed by atoms with Gasteiger partial charge in [0.25, 0.3) is 0 Å². The van der Waals surface area contributed by atoms with Gasteiger partial charge in [-0.15, -0.1) is 0 Å². The van der Waals surface area contributed by atoms with Crippen molar-refractivity contribution in [3.05, 3.63) is 29.8 Å². The van der Waals surface area contributed by atoms with E-state index < -0.39 is 30.6 Å². The average Bonchev–Trinajstić information content (AvgIpc) is 2.55. The molecule has 5 atom stereocenters. The first-order valence-electron chi connectivity index (χ1n) is 7.50. The predicted molar refractivity (Wildman–Crippen MR) is 91.5 cm³/mol. The van der Waals surface area contributed by atoms with Gasteiger partial charge in [0.05, 0.1) is 12.3 Å². The lowest BCUT2D eigenvalue weighted by Gasteiger charge is -2.40. The molecule has 1 aromatic rings. The number of aliphatic hydroxyl groups excluding tert-OH is 3. The molecule has 1 aromatic carbocycles. The van der Waals surface area contributed by atoms with Crippen molar-refractivity contribution in [2.75, 3.05) is 0 Å². The van der Waals surface area contributed by atoms with E-state index in [-0.39, 0.29) is 10.9 Å². The number of nitrogens with zero attached hydrogens (tertiary/aromatic N) is 1. The largest absolute Gasteiger partial charge is 0.508 e. The highest BCUT2D eigenvalue weighted by molar-refractivity contribution is 7.80. The molecule has 0 aromatic heterocycles. The topological polar surface area (TPSA) is 127 Å². The van der Waals surface area contributed by atoms with Crippen LogP contribution in [0.5, 0.6) is 5.75 Å². The van der Waals surface area contributed by atoms with E-state index in [0.717, 1.165) is 0 Å². The number of ether oxygens (including phenoxy) is 1. The number of benzene rings is 1. The van der Waals surface area contributed by atoms with Crippen LogP contribution in [0.15, 0.2) is 29.4 Å². The lowest BCUT2D eigenvalue weighted by Crippen LogP contribution is -2.62. The van der Waals surface area contributed by atoms with Crippen molar-refractivity contribution in [2.24, 2.45) is 5.10 Å².